The van der Waals surface area contributed by atoms with Gasteiger partial charge in [0.15, 0.2) is 0 Å². The van der Waals surface area contributed by atoms with Gasteiger partial charge in [0.1, 0.15) is 0 Å². The zero-order chi connectivity index (χ0) is 15.4. The summed E-state index contributed by atoms with van der Waals surface area (Å²) < 4.78 is 4.21. The van der Waals surface area contributed by atoms with Gasteiger partial charge in [0.2, 0.25) is 0 Å². The van der Waals surface area contributed by atoms with Gasteiger partial charge in [-0.3, -0.25) is 4.68 Å². The van der Waals surface area contributed by atoms with Gasteiger partial charge in [-0.1, -0.05) is 44.8 Å². The number of nitrogens with one attached hydrogen (secondary N) is 1. The molecule has 0 saturated carbocycles. The first-order valence-corrected chi connectivity index (χ1v) is 8.82. The maximum Gasteiger partial charge on any atom is 0.0643 e. The van der Waals surface area contributed by atoms with Crippen molar-refractivity contribution in [1.29, 1.82) is 0 Å². The third-order valence-corrected chi connectivity index (χ3v) is 4.57. The molecule has 2 rings (SSSR count). The highest BCUT2D eigenvalue weighted by molar-refractivity contribution is 9.11. The molecular weight excluding hydrogens is 394 g/mol. The number of aromatic nitrogens is 2. The standard InChI is InChI=1S/C16H21Br2N3/c1-4-19-16(14-6-5-12(17)9-15(14)18)10-13-7-8-21(20-13)11(2)3/h5-9,11,16,19H,4,10H2,1-3H3. The van der Waals surface area contributed by atoms with Crippen LogP contribution in [0.5, 0.6) is 0 Å². The molecule has 0 saturated heterocycles. The van der Waals surface area contributed by atoms with Gasteiger partial charge in [-0.25, -0.2) is 0 Å². The summed E-state index contributed by atoms with van der Waals surface area (Å²) in [4.78, 5) is 0. The van der Waals surface area contributed by atoms with Gasteiger partial charge in [-0.05, 0) is 44.2 Å². The predicted molar refractivity (Wildman–Crippen MR) is 94.6 cm³/mol. The topological polar surface area (TPSA) is 29.9 Å². The van der Waals surface area contributed by atoms with E-state index in [0.29, 0.717) is 6.04 Å². The largest absolute Gasteiger partial charge is 0.310 e. The lowest BCUT2D eigenvalue weighted by Crippen LogP contribution is -2.23. The Balaban J connectivity index is 2.21. The zero-order valence-electron chi connectivity index (χ0n) is 12.6. The van der Waals surface area contributed by atoms with Crippen LogP contribution in [-0.2, 0) is 6.42 Å². The van der Waals surface area contributed by atoms with E-state index < -0.39 is 0 Å². The normalized spacial score (nSPS) is 12.9. The highest BCUT2D eigenvalue weighted by Crippen LogP contribution is 2.28. The second kappa shape index (κ2) is 7.56. The average Bonchev–Trinajstić information content (AvgIpc) is 2.87. The second-order valence-corrected chi connectivity index (χ2v) is 7.13. The molecule has 2 aromatic rings. The Morgan fingerprint density at radius 3 is 2.57 bits per heavy atom. The average molecular weight is 415 g/mol. The molecule has 114 valence electrons. The minimum atomic E-state index is 0.257. The van der Waals surface area contributed by atoms with E-state index in [1.807, 2.05) is 4.68 Å². The Morgan fingerprint density at radius 2 is 2.00 bits per heavy atom. The molecule has 0 spiro atoms. The molecule has 1 heterocycles. The van der Waals surface area contributed by atoms with Crippen molar-refractivity contribution in [3.05, 3.63) is 50.7 Å². The van der Waals surface area contributed by atoms with E-state index in [2.05, 4.69) is 93.5 Å². The predicted octanol–water partition coefficient (Wildman–Crippen LogP) is 4.88. The first-order chi connectivity index (χ1) is 10.0. The summed E-state index contributed by atoms with van der Waals surface area (Å²) in [6.07, 6.45) is 2.94. The molecule has 0 amide bonds. The lowest BCUT2D eigenvalue weighted by atomic mass is 10.0. The maximum atomic E-state index is 4.66. The molecule has 1 unspecified atom stereocenters. The van der Waals surface area contributed by atoms with Crippen molar-refractivity contribution in [2.45, 2.75) is 39.3 Å². The van der Waals surface area contributed by atoms with Crippen molar-refractivity contribution in [1.82, 2.24) is 15.1 Å². The lowest BCUT2D eigenvalue weighted by molar-refractivity contribution is 0.506. The van der Waals surface area contributed by atoms with E-state index in [-0.39, 0.29) is 6.04 Å². The fourth-order valence-corrected chi connectivity index (χ4v) is 3.63. The number of likely N-dealkylation sites (N-methyl/N-ethyl adjacent to an activating group) is 1. The SMILES string of the molecule is CCNC(Cc1ccn(C(C)C)n1)c1ccc(Br)cc1Br. The molecule has 1 aromatic heterocycles. The van der Waals surface area contributed by atoms with Crippen molar-refractivity contribution in [2.75, 3.05) is 6.54 Å². The summed E-state index contributed by atoms with van der Waals surface area (Å²) in [5.41, 5.74) is 2.38. The molecule has 3 nitrogen and oxygen atoms in total. The quantitative estimate of drug-likeness (QED) is 0.729. The van der Waals surface area contributed by atoms with Crippen LogP contribution in [0.25, 0.3) is 0 Å². The van der Waals surface area contributed by atoms with Crippen molar-refractivity contribution in [2.24, 2.45) is 0 Å². The summed E-state index contributed by atoms with van der Waals surface area (Å²) in [5.74, 6) is 0. The molecule has 5 heteroatoms. The fourth-order valence-electron chi connectivity index (χ4n) is 2.31. The smallest absolute Gasteiger partial charge is 0.0643 e. The molecule has 0 aliphatic rings. The number of benzene rings is 1. The van der Waals surface area contributed by atoms with Gasteiger partial charge in [0, 0.05) is 33.6 Å². The maximum absolute atomic E-state index is 4.66. The molecule has 0 aliphatic carbocycles. The van der Waals surface area contributed by atoms with Gasteiger partial charge >= 0.3 is 0 Å². The van der Waals surface area contributed by atoms with E-state index >= 15 is 0 Å². The van der Waals surface area contributed by atoms with Crippen LogP contribution >= 0.6 is 31.9 Å². The minimum absolute atomic E-state index is 0.257. The summed E-state index contributed by atoms with van der Waals surface area (Å²) in [6.45, 7) is 7.35. The van der Waals surface area contributed by atoms with E-state index in [9.17, 15) is 0 Å². The first-order valence-electron chi connectivity index (χ1n) is 7.23. The van der Waals surface area contributed by atoms with Gasteiger partial charge in [0.25, 0.3) is 0 Å². The van der Waals surface area contributed by atoms with Gasteiger partial charge in [-0.15, -0.1) is 0 Å². The van der Waals surface area contributed by atoms with Crippen LogP contribution in [0.1, 0.15) is 44.1 Å². The Bertz CT molecular complexity index is 593. The van der Waals surface area contributed by atoms with Crippen LogP contribution in [0.15, 0.2) is 39.4 Å². The molecular formula is C16H21Br2N3. The van der Waals surface area contributed by atoms with Gasteiger partial charge < -0.3 is 5.32 Å². The van der Waals surface area contributed by atoms with Crippen LogP contribution in [0, 0.1) is 0 Å². The van der Waals surface area contributed by atoms with Crippen molar-refractivity contribution in [3.8, 4) is 0 Å². The van der Waals surface area contributed by atoms with E-state index in [0.717, 1.165) is 27.6 Å². The molecule has 0 bridgehead atoms. The summed E-state index contributed by atoms with van der Waals surface area (Å²) >= 11 is 7.17. The van der Waals surface area contributed by atoms with E-state index in [4.69, 9.17) is 0 Å². The number of hydrogen-bond acceptors (Lipinski definition) is 2. The zero-order valence-corrected chi connectivity index (χ0v) is 15.8. The van der Waals surface area contributed by atoms with Crippen LogP contribution in [-0.4, -0.2) is 16.3 Å². The Morgan fingerprint density at radius 1 is 1.24 bits per heavy atom. The Labute approximate surface area is 143 Å². The summed E-state index contributed by atoms with van der Waals surface area (Å²) in [7, 11) is 0. The van der Waals surface area contributed by atoms with Crippen LogP contribution in [0.3, 0.4) is 0 Å². The van der Waals surface area contributed by atoms with Crippen molar-refractivity contribution in [3.63, 3.8) is 0 Å². The number of rotatable bonds is 6. The molecule has 1 aromatic carbocycles. The third-order valence-electron chi connectivity index (χ3n) is 3.39. The number of halogens is 2. The fraction of sp³-hybridized carbons (Fsp3) is 0.438. The van der Waals surface area contributed by atoms with E-state index in [1.165, 1.54) is 5.56 Å². The second-order valence-electron chi connectivity index (χ2n) is 5.36. The Hall–Kier alpha value is -0.650. The highest BCUT2D eigenvalue weighted by atomic mass is 79.9. The third kappa shape index (κ3) is 4.41. The van der Waals surface area contributed by atoms with Crippen LogP contribution < -0.4 is 5.32 Å². The lowest BCUT2D eigenvalue weighted by Gasteiger charge is -2.19. The first kappa shape index (κ1) is 16.7. The van der Waals surface area contributed by atoms with Crippen molar-refractivity contribution >= 4 is 31.9 Å². The summed E-state index contributed by atoms with van der Waals surface area (Å²) in [6, 6.07) is 9.09. The van der Waals surface area contributed by atoms with Crippen LogP contribution in [0.4, 0.5) is 0 Å². The number of nitrogens with zero attached hydrogens (tertiary/aromatic N) is 2. The molecule has 0 aliphatic heterocycles. The summed E-state index contributed by atoms with van der Waals surface area (Å²) in [5, 5.41) is 8.21. The molecule has 0 radical (unpaired) electrons. The minimum Gasteiger partial charge on any atom is -0.310 e. The Kier molecular flexibility index (Phi) is 6.02. The van der Waals surface area contributed by atoms with Crippen LogP contribution in [0.2, 0.25) is 0 Å². The number of hydrogen-bond donors (Lipinski definition) is 1. The molecule has 21 heavy (non-hydrogen) atoms. The molecule has 1 N–H and O–H groups in total. The monoisotopic (exact) mass is 413 g/mol. The van der Waals surface area contributed by atoms with Crippen molar-refractivity contribution < 1.29 is 0 Å². The van der Waals surface area contributed by atoms with Gasteiger partial charge in [0.05, 0.1) is 5.69 Å². The highest BCUT2D eigenvalue weighted by Gasteiger charge is 2.16. The van der Waals surface area contributed by atoms with E-state index in [1.54, 1.807) is 0 Å². The molecule has 0 fully saturated rings. The molecule has 1 atom stereocenters. The van der Waals surface area contributed by atoms with Gasteiger partial charge in [-0.2, -0.15) is 5.10 Å².